The highest BCUT2D eigenvalue weighted by atomic mass is 32.2. The zero-order valence-corrected chi connectivity index (χ0v) is 15.2. The molecule has 0 radical (unpaired) electrons. The minimum Gasteiger partial charge on any atom is -0.464 e. The van der Waals surface area contributed by atoms with Crippen LogP contribution < -0.4 is 0 Å². The number of ether oxygens (including phenoxy) is 1. The molecule has 0 fully saturated rings. The molecule has 2 heterocycles. The SMILES string of the molecule is COC(=O)c1nc2nc(S(C)=O)ncc2cc1-c1c(C)cccc1C. The molecule has 3 rings (SSSR count). The maximum Gasteiger partial charge on any atom is 0.357 e. The van der Waals surface area contributed by atoms with E-state index in [-0.39, 0.29) is 10.9 Å². The number of benzene rings is 1. The fraction of sp³-hybridized carbons (Fsp3) is 0.222. The molecule has 7 heteroatoms. The molecule has 3 aromatic rings. The lowest BCUT2D eigenvalue weighted by atomic mass is 9.94. The molecule has 0 aliphatic heterocycles. The number of nitrogens with zero attached hydrogens (tertiary/aromatic N) is 3. The Labute approximate surface area is 147 Å². The van der Waals surface area contributed by atoms with Gasteiger partial charge in [-0.2, -0.15) is 0 Å². The van der Waals surface area contributed by atoms with Gasteiger partial charge >= 0.3 is 5.97 Å². The van der Waals surface area contributed by atoms with Crippen LogP contribution in [0.5, 0.6) is 0 Å². The van der Waals surface area contributed by atoms with Gasteiger partial charge in [-0.3, -0.25) is 4.21 Å². The van der Waals surface area contributed by atoms with Crippen LogP contribution in [0, 0.1) is 13.8 Å². The van der Waals surface area contributed by atoms with E-state index < -0.39 is 16.8 Å². The predicted octanol–water partition coefficient (Wildman–Crippen LogP) is 2.83. The third kappa shape index (κ3) is 3.15. The molecule has 2 aromatic heterocycles. The van der Waals surface area contributed by atoms with Crippen molar-refractivity contribution in [1.29, 1.82) is 0 Å². The number of aromatic nitrogens is 3. The van der Waals surface area contributed by atoms with Crippen molar-refractivity contribution < 1.29 is 13.7 Å². The lowest BCUT2D eigenvalue weighted by Gasteiger charge is -2.14. The van der Waals surface area contributed by atoms with Crippen molar-refractivity contribution >= 4 is 27.8 Å². The molecule has 1 atom stereocenters. The summed E-state index contributed by atoms with van der Waals surface area (Å²) in [5.74, 6) is -0.544. The summed E-state index contributed by atoms with van der Waals surface area (Å²) in [4.78, 5) is 25.0. The second-order valence-electron chi connectivity index (χ2n) is 5.66. The fourth-order valence-electron chi connectivity index (χ4n) is 2.77. The van der Waals surface area contributed by atoms with E-state index in [4.69, 9.17) is 4.74 Å². The van der Waals surface area contributed by atoms with Gasteiger partial charge in [0.2, 0.25) is 5.16 Å². The third-order valence-electron chi connectivity index (χ3n) is 3.93. The van der Waals surface area contributed by atoms with Crippen LogP contribution in [0.4, 0.5) is 0 Å². The molecule has 0 N–H and O–H groups in total. The Hall–Kier alpha value is -2.67. The Morgan fingerprint density at radius 1 is 1.16 bits per heavy atom. The van der Waals surface area contributed by atoms with Crippen LogP contribution in [0.25, 0.3) is 22.2 Å². The molecule has 128 valence electrons. The van der Waals surface area contributed by atoms with E-state index >= 15 is 0 Å². The molecule has 0 amide bonds. The maximum atomic E-state index is 12.3. The van der Waals surface area contributed by atoms with Gasteiger partial charge in [0, 0.05) is 23.4 Å². The Kier molecular flexibility index (Phi) is 4.59. The number of rotatable bonds is 3. The van der Waals surface area contributed by atoms with Gasteiger partial charge in [0.05, 0.1) is 17.9 Å². The highest BCUT2D eigenvalue weighted by Crippen LogP contribution is 2.31. The first-order chi connectivity index (χ1) is 11.9. The van der Waals surface area contributed by atoms with Gasteiger partial charge in [-0.25, -0.2) is 19.7 Å². The second kappa shape index (κ2) is 6.68. The average molecular weight is 355 g/mol. The first kappa shape index (κ1) is 17.2. The van der Waals surface area contributed by atoms with E-state index in [1.165, 1.54) is 13.4 Å². The molecule has 25 heavy (non-hydrogen) atoms. The molecule has 1 aromatic carbocycles. The van der Waals surface area contributed by atoms with Gasteiger partial charge in [0.15, 0.2) is 11.3 Å². The lowest BCUT2D eigenvalue weighted by molar-refractivity contribution is 0.0595. The molecule has 0 saturated heterocycles. The summed E-state index contributed by atoms with van der Waals surface area (Å²) in [5, 5.41) is 0.843. The molecule has 6 nitrogen and oxygen atoms in total. The van der Waals surface area contributed by atoms with Gasteiger partial charge in [-0.15, -0.1) is 0 Å². The van der Waals surface area contributed by atoms with E-state index in [0.717, 1.165) is 16.7 Å². The highest BCUT2D eigenvalue weighted by Gasteiger charge is 2.20. The van der Waals surface area contributed by atoms with Crippen LogP contribution in [0.2, 0.25) is 0 Å². The molecule has 0 bridgehead atoms. The maximum absolute atomic E-state index is 12.3. The number of esters is 1. The van der Waals surface area contributed by atoms with E-state index in [0.29, 0.717) is 16.6 Å². The second-order valence-corrected chi connectivity index (χ2v) is 6.94. The lowest BCUT2D eigenvalue weighted by Crippen LogP contribution is -2.09. The number of hydrogen-bond acceptors (Lipinski definition) is 6. The van der Waals surface area contributed by atoms with Gasteiger partial charge in [0.1, 0.15) is 0 Å². The number of carbonyl (C=O) groups is 1. The third-order valence-corrected chi connectivity index (χ3v) is 4.64. The minimum atomic E-state index is -1.33. The van der Waals surface area contributed by atoms with Gasteiger partial charge in [0.25, 0.3) is 0 Å². The van der Waals surface area contributed by atoms with E-state index in [9.17, 15) is 9.00 Å². The molecule has 0 saturated carbocycles. The van der Waals surface area contributed by atoms with Crippen LogP contribution in [0.1, 0.15) is 21.6 Å². The largest absolute Gasteiger partial charge is 0.464 e. The number of methoxy groups -OCH3 is 1. The van der Waals surface area contributed by atoms with Crippen LogP contribution in [0.15, 0.2) is 35.6 Å². The Morgan fingerprint density at radius 2 is 1.84 bits per heavy atom. The normalized spacial score (nSPS) is 12.2. The minimum absolute atomic E-state index is 0.177. The standard InChI is InChI=1S/C18H17N3O3S/c1-10-6-5-7-11(2)14(10)13-8-12-9-19-18(25(4)23)21-16(12)20-15(13)17(22)24-3/h5-9H,1-4H3. The first-order valence-electron chi connectivity index (χ1n) is 7.58. The predicted molar refractivity (Wildman–Crippen MR) is 95.9 cm³/mol. The Balaban J connectivity index is 2.36. The van der Waals surface area contributed by atoms with Crippen molar-refractivity contribution in [1.82, 2.24) is 15.0 Å². The fourth-order valence-corrected chi connectivity index (χ4v) is 3.18. The summed E-state index contributed by atoms with van der Waals surface area (Å²) < 4.78 is 16.5. The van der Waals surface area contributed by atoms with Crippen LogP contribution in [0.3, 0.4) is 0 Å². The number of hydrogen-bond donors (Lipinski definition) is 0. The zero-order chi connectivity index (χ0) is 18.1. The van der Waals surface area contributed by atoms with Crippen molar-refractivity contribution in [3.8, 4) is 11.1 Å². The summed E-state index contributed by atoms with van der Waals surface area (Å²) in [7, 11) is -0.0164. The van der Waals surface area contributed by atoms with Crippen molar-refractivity contribution in [2.45, 2.75) is 19.0 Å². The summed E-state index contributed by atoms with van der Waals surface area (Å²) >= 11 is 0. The van der Waals surface area contributed by atoms with Crippen molar-refractivity contribution in [3.63, 3.8) is 0 Å². The Bertz CT molecular complexity index is 998. The molecule has 1 unspecified atom stereocenters. The van der Waals surface area contributed by atoms with Gasteiger partial charge in [-0.1, -0.05) is 18.2 Å². The molecule has 0 aliphatic rings. The number of pyridine rings is 1. The van der Waals surface area contributed by atoms with Gasteiger partial charge in [-0.05, 0) is 36.6 Å². The van der Waals surface area contributed by atoms with E-state index in [1.54, 1.807) is 6.20 Å². The van der Waals surface area contributed by atoms with Crippen LogP contribution >= 0.6 is 0 Å². The topological polar surface area (TPSA) is 82.0 Å². The highest BCUT2D eigenvalue weighted by molar-refractivity contribution is 7.84. The molecule has 0 spiro atoms. The van der Waals surface area contributed by atoms with Crippen molar-refractivity contribution in [2.24, 2.45) is 0 Å². The zero-order valence-electron chi connectivity index (χ0n) is 14.4. The monoisotopic (exact) mass is 355 g/mol. The number of carbonyl (C=O) groups excluding carboxylic acids is 1. The van der Waals surface area contributed by atoms with E-state index in [1.807, 2.05) is 38.1 Å². The first-order valence-corrected chi connectivity index (χ1v) is 9.14. The van der Waals surface area contributed by atoms with Gasteiger partial charge < -0.3 is 4.74 Å². The summed E-state index contributed by atoms with van der Waals surface area (Å²) in [5.41, 5.74) is 4.15. The molecular formula is C18H17N3O3S. The molecular weight excluding hydrogens is 338 g/mol. The number of aryl methyl sites for hydroxylation is 2. The van der Waals surface area contributed by atoms with Crippen molar-refractivity contribution in [3.05, 3.63) is 47.3 Å². The van der Waals surface area contributed by atoms with Crippen LogP contribution in [-0.4, -0.2) is 38.5 Å². The summed E-state index contributed by atoms with van der Waals surface area (Å²) in [6, 6.07) is 7.75. The quantitative estimate of drug-likeness (QED) is 0.531. The average Bonchev–Trinajstić information content (AvgIpc) is 2.59. The summed E-state index contributed by atoms with van der Waals surface area (Å²) in [6.45, 7) is 3.96. The Morgan fingerprint density at radius 3 is 2.44 bits per heavy atom. The van der Waals surface area contributed by atoms with Crippen LogP contribution in [-0.2, 0) is 15.5 Å². The van der Waals surface area contributed by atoms with E-state index in [2.05, 4.69) is 15.0 Å². The van der Waals surface area contributed by atoms with Crippen molar-refractivity contribution in [2.75, 3.05) is 13.4 Å². The smallest absolute Gasteiger partial charge is 0.357 e. The molecule has 0 aliphatic carbocycles. The summed E-state index contributed by atoms with van der Waals surface area (Å²) in [6.07, 6.45) is 3.07. The number of fused-ring (bicyclic) bond motifs is 1.